The van der Waals surface area contributed by atoms with Crippen LogP contribution in [-0.4, -0.2) is 23.9 Å². The van der Waals surface area contributed by atoms with Crippen molar-refractivity contribution in [1.82, 2.24) is 0 Å². The molecule has 0 saturated carbocycles. The predicted octanol–water partition coefficient (Wildman–Crippen LogP) is 10.1. The van der Waals surface area contributed by atoms with E-state index in [4.69, 9.17) is 0 Å². The van der Waals surface area contributed by atoms with E-state index < -0.39 is 23.9 Å². The topological polar surface area (TPSA) is 275 Å². The van der Waals surface area contributed by atoms with Gasteiger partial charge in [0, 0.05) is 23.9 Å². The zero-order valence-corrected chi connectivity index (χ0v) is 45.4. The Hall–Kier alpha value is -0.137. The van der Waals surface area contributed by atoms with Crippen LogP contribution < -0.4 is 20.4 Å². The molecule has 0 radical (unpaired) electrons. The Kier molecular flexibility index (Phi) is 121. The van der Waals surface area contributed by atoms with Gasteiger partial charge in [0.05, 0.1) is 0 Å². The number of carboxylic acids is 4. The number of hydrogen-bond acceptors (Lipinski definition) is 8. The van der Waals surface area contributed by atoms with Crippen molar-refractivity contribution in [2.45, 2.75) is 285 Å². The molecular weight excluding hydrogens is 912 g/mol. The Balaban J connectivity index is -0.0000000613. The van der Waals surface area contributed by atoms with Crippen LogP contribution >= 0.6 is 0 Å². The number of carbonyl (C=O) groups is 4. The molecule has 0 aromatic carbocycles. The van der Waals surface area contributed by atoms with Gasteiger partial charge in [0.2, 0.25) is 0 Å². The molecule has 368 valence electrons. The maximum absolute atomic E-state index is 10.1. The first-order valence-corrected chi connectivity index (χ1v) is 23.9. The molecule has 12 nitrogen and oxygen atoms in total. The van der Waals surface area contributed by atoms with Crippen molar-refractivity contribution >= 4 is 23.9 Å². The van der Waals surface area contributed by atoms with E-state index in [2.05, 4.69) is 27.7 Å². The molecular formula is C48H92O12Ti3. The molecule has 0 aromatic heterocycles. The van der Waals surface area contributed by atoms with Crippen molar-refractivity contribution in [2.75, 3.05) is 0 Å². The van der Waals surface area contributed by atoms with Gasteiger partial charge in [-0.05, 0) is 51.4 Å². The molecule has 0 aliphatic carbocycles. The minimum Gasteiger partial charge on any atom is -2.00 e. The van der Waals surface area contributed by atoms with Crippen LogP contribution in [0.3, 0.4) is 0 Å². The van der Waals surface area contributed by atoms with Crippen LogP contribution in [0, 0.1) is 0 Å². The van der Waals surface area contributed by atoms with Gasteiger partial charge in [-0.2, -0.15) is 0 Å². The van der Waals surface area contributed by atoms with Gasteiger partial charge >= 0.3 is 65.2 Å². The number of hydrogen-bond donors (Lipinski definition) is 0. The Morgan fingerprint density at radius 1 is 0.222 bits per heavy atom. The summed E-state index contributed by atoms with van der Waals surface area (Å²) in [5.41, 5.74) is 0. The molecule has 0 heterocycles. The summed E-state index contributed by atoms with van der Waals surface area (Å²) in [4.78, 5) is 40.4. The average molecular weight is 1000 g/mol. The minimum atomic E-state index is -0.909. The number of aliphatic carboxylic acids is 4. The number of carbonyl (C=O) groups excluding carboxylic acids is 4. The molecule has 0 fully saturated rings. The number of carboxylic acid groups (broad SMARTS) is 4. The minimum absolute atomic E-state index is 0. The van der Waals surface area contributed by atoms with E-state index in [0.717, 1.165) is 51.4 Å². The van der Waals surface area contributed by atoms with Crippen molar-refractivity contribution in [2.24, 2.45) is 0 Å². The van der Waals surface area contributed by atoms with E-state index in [0.29, 0.717) is 0 Å². The summed E-state index contributed by atoms with van der Waals surface area (Å²) in [6.45, 7) is 8.89. The smallest absolute Gasteiger partial charge is 2.00 e. The average Bonchev–Trinajstić information content (AvgIpc) is 3.15. The summed E-state index contributed by atoms with van der Waals surface area (Å²) < 4.78 is 0. The van der Waals surface area contributed by atoms with Gasteiger partial charge in [-0.1, -0.05) is 233 Å². The Morgan fingerprint density at radius 2 is 0.317 bits per heavy atom. The van der Waals surface area contributed by atoms with Crippen LogP contribution in [0.4, 0.5) is 0 Å². The molecule has 0 rings (SSSR count). The molecule has 0 aliphatic heterocycles. The van der Waals surface area contributed by atoms with Crippen LogP contribution in [0.5, 0.6) is 0 Å². The second-order valence-electron chi connectivity index (χ2n) is 15.8. The largest absolute Gasteiger partial charge is 4.00 e. The summed E-state index contributed by atoms with van der Waals surface area (Å²) in [6, 6.07) is 0. The van der Waals surface area contributed by atoms with Crippen LogP contribution in [0.25, 0.3) is 0 Å². The fraction of sp³-hybridized carbons (Fsp3) is 0.917. The first-order valence-electron chi connectivity index (χ1n) is 23.9. The summed E-state index contributed by atoms with van der Waals surface area (Å²) >= 11 is 0. The molecule has 0 saturated heterocycles. The van der Waals surface area contributed by atoms with Crippen molar-refractivity contribution in [3.63, 3.8) is 0 Å². The van der Waals surface area contributed by atoms with Crippen molar-refractivity contribution in [1.29, 1.82) is 0 Å². The summed E-state index contributed by atoms with van der Waals surface area (Å²) in [5.74, 6) is -3.64. The van der Waals surface area contributed by atoms with Crippen LogP contribution in [0.1, 0.15) is 285 Å². The molecule has 0 amide bonds. The number of rotatable bonds is 40. The van der Waals surface area contributed by atoms with Crippen molar-refractivity contribution < 1.29 is 127 Å². The quantitative estimate of drug-likeness (QED) is 0.0419. The Labute approximate surface area is 432 Å². The second-order valence-corrected chi connectivity index (χ2v) is 15.8. The molecule has 0 atom stereocenters. The molecule has 0 aromatic rings. The molecule has 0 bridgehead atoms. The summed E-state index contributed by atoms with van der Waals surface area (Å²) in [7, 11) is 0. The maximum atomic E-state index is 10.1. The van der Waals surface area contributed by atoms with Gasteiger partial charge in [-0.3, -0.25) is 0 Å². The van der Waals surface area contributed by atoms with E-state index in [-0.39, 0.29) is 113 Å². The third kappa shape index (κ3) is 115. The first kappa shape index (κ1) is 89.4. The normalized spacial score (nSPS) is 9.21. The molecule has 0 unspecified atom stereocenters. The third-order valence-corrected chi connectivity index (χ3v) is 9.94. The molecule has 0 aliphatic rings. The summed E-state index contributed by atoms with van der Waals surface area (Å²) in [6.07, 6.45) is 44.7. The molecule has 0 spiro atoms. The second kappa shape index (κ2) is 85.2. The fourth-order valence-corrected chi connectivity index (χ4v) is 6.32. The fourth-order valence-electron chi connectivity index (χ4n) is 6.32. The SMILES string of the molecule is CCCCCCCCCCCC(=O)[O-].CCCCCCCCCCCC(=O)[O-].CCCCCCCCCCCC(=O)[O-].CCCCCCCCCCCC(=O)[O-].[O-2].[O-2].[O-2].[O-2].[Ti+4].[Ti+4].[Ti+4]. The summed E-state index contributed by atoms with van der Waals surface area (Å²) in [5, 5.41) is 40.4. The van der Waals surface area contributed by atoms with E-state index in [1.165, 1.54) is 180 Å². The van der Waals surface area contributed by atoms with Gasteiger partial charge in [-0.15, -0.1) is 0 Å². The standard InChI is InChI=1S/4C12H24O2.4O.3Ti/c4*1-2-3-4-5-6-7-8-9-10-11-12(13)14;;;;;;;/h4*2-11H2,1H3,(H,13,14);;;;;;;/q;;;;4*-2;3*+4/p-4. The van der Waals surface area contributed by atoms with E-state index >= 15 is 0 Å². The maximum Gasteiger partial charge on any atom is 4.00 e. The van der Waals surface area contributed by atoms with Crippen molar-refractivity contribution in [3.05, 3.63) is 0 Å². The van der Waals surface area contributed by atoms with Gasteiger partial charge in [0.1, 0.15) is 0 Å². The van der Waals surface area contributed by atoms with E-state index in [1.54, 1.807) is 0 Å². The van der Waals surface area contributed by atoms with Crippen LogP contribution in [0.2, 0.25) is 0 Å². The molecule has 15 heteroatoms. The zero-order valence-electron chi connectivity index (χ0n) is 40.7. The molecule has 0 N–H and O–H groups in total. The van der Waals surface area contributed by atoms with Gasteiger partial charge in [0.15, 0.2) is 0 Å². The number of unbranched alkanes of at least 4 members (excludes halogenated alkanes) is 32. The molecule has 63 heavy (non-hydrogen) atoms. The zero-order chi connectivity index (χ0) is 42.6. The first-order chi connectivity index (χ1) is 27.1. The van der Waals surface area contributed by atoms with Gasteiger partial charge < -0.3 is 61.5 Å². The monoisotopic (exact) mass is 1000 g/mol. The van der Waals surface area contributed by atoms with Gasteiger partial charge in [0.25, 0.3) is 0 Å². The Bertz CT molecular complexity index is 685. The van der Waals surface area contributed by atoms with E-state index in [1.807, 2.05) is 0 Å². The third-order valence-electron chi connectivity index (χ3n) is 9.94. The predicted molar refractivity (Wildman–Crippen MR) is 230 cm³/mol. The van der Waals surface area contributed by atoms with Crippen molar-refractivity contribution in [3.8, 4) is 0 Å². The van der Waals surface area contributed by atoms with E-state index in [9.17, 15) is 39.6 Å². The Morgan fingerprint density at radius 3 is 0.413 bits per heavy atom. The van der Waals surface area contributed by atoms with Gasteiger partial charge in [-0.25, -0.2) is 0 Å². The van der Waals surface area contributed by atoms with Crippen LogP contribution in [-0.2, 0) is 106 Å². The van der Waals surface area contributed by atoms with Crippen LogP contribution in [0.15, 0.2) is 0 Å².